The molecule has 6 heteroatoms. The number of nitrogens with two attached hydrogens (primary N) is 1. The molecule has 21 heavy (non-hydrogen) atoms. The Kier molecular flexibility index (Phi) is 3.66. The molecule has 1 heterocycles. The van der Waals surface area contributed by atoms with Gasteiger partial charge in [0.05, 0.1) is 15.4 Å². The average molecular weight is 323 g/mol. The number of nitrogen functional groups attached to an aromatic ring is 1. The van der Waals surface area contributed by atoms with Crippen molar-refractivity contribution >= 4 is 40.0 Å². The maximum absolute atomic E-state index is 5.96. The van der Waals surface area contributed by atoms with Crippen LogP contribution < -0.4 is 10.5 Å². The third kappa shape index (κ3) is 2.77. The Bertz CT molecular complexity index is 815. The van der Waals surface area contributed by atoms with Gasteiger partial charge in [-0.25, -0.2) is 0 Å². The molecule has 0 aliphatic carbocycles. The molecule has 3 rings (SSSR count). The molecule has 4 nitrogen and oxygen atoms in total. The van der Waals surface area contributed by atoms with Gasteiger partial charge in [0.25, 0.3) is 0 Å². The van der Waals surface area contributed by atoms with Gasteiger partial charge in [0.15, 0.2) is 11.4 Å². The quantitative estimate of drug-likeness (QED) is 0.765. The van der Waals surface area contributed by atoms with E-state index in [-0.39, 0.29) is 0 Å². The van der Waals surface area contributed by atoms with E-state index in [1.165, 1.54) is 0 Å². The SMILES string of the molecule is Cc1cc2c(N)noc2cc1COc1ccc(Cl)c(Cl)c1. The minimum atomic E-state index is 0.389. The molecule has 0 saturated heterocycles. The van der Waals surface area contributed by atoms with Gasteiger partial charge >= 0.3 is 0 Å². The van der Waals surface area contributed by atoms with E-state index in [1.54, 1.807) is 18.2 Å². The van der Waals surface area contributed by atoms with Crippen molar-refractivity contribution < 1.29 is 9.26 Å². The average Bonchev–Trinajstić information content (AvgIpc) is 2.81. The van der Waals surface area contributed by atoms with Crippen molar-refractivity contribution in [3.05, 3.63) is 51.5 Å². The lowest BCUT2D eigenvalue weighted by atomic mass is 10.1. The Hall–Kier alpha value is -1.91. The second-order valence-corrected chi connectivity index (χ2v) is 5.52. The molecule has 2 aromatic carbocycles. The highest BCUT2D eigenvalue weighted by atomic mass is 35.5. The highest BCUT2D eigenvalue weighted by molar-refractivity contribution is 6.42. The van der Waals surface area contributed by atoms with Crippen molar-refractivity contribution in [2.45, 2.75) is 13.5 Å². The zero-order valence-electron chi connectivity index (χ0n) is 11.2. The van der Waals surface area contributed by atoms with Crippen LogP contribution in [0.4, 0.5) is 5.82 Å². The Labute approximate surface area is 131 Å². The lowest BCUT2D eigenvalue weighted by Gasteiger charge is -2.09. The van der Waals surface area contributed by atoms with E-state index in [9.17, 15) is 0 Å². The standard InChI is InChI=1S/C15H12Cl2N2O2/c1-8-4-11-14(21-19-15(11)18)5-9(8)7-20-10-2-3-12(16)13(17)6-10/h2-6H,7H2,1H3,(H2,18,19). The number of anilines is 1. The van der Waals surface area contributed by atoms with Crippen molar-refractivity contribution in [2.75, 3.05) is 5.73 Å². The van der Waals surface area contributed by atoms with Gasteiger partial charge in [-0.05, 0) is 42.3 Å². The molecule has 108 valence electrons. The van der Waals surface area contributed by atoms with Gasteiger partial charge in [-0.15, -0.1) is 0 Å². The molecule has 3 aromatic rings. The second-order valence-electron chi connectivity index (χ2n) is 4.71. The number of halogens is 2. The third-order valence-electron chi connectivity index (χ3n) is 3.24. The molecule has 2 N–H and O–H groups in total. The summed E-state index contributed by atoms with van der Waals surface area (Å²) < 4.78 is 10.9. The number of nitrogens with zero attached hydrogens (tertiary/aromatic N) is 1. The lowest BCUT2D eigenvalue weighted by Crippen LogP contribution is -1.98. The molecule has 0 aliphatic heterocycles. The van der Waals surface area contributed by atoms with Crippen LogP contribution in [0.1, 0.15) is 11.1 Å². The van der Waals surface area contributed by atoms with Crippen LogP contribution in [0.5, 0.6) is 5.75 Å². The first-order valence-electron chi connectivity index (χ1n) is 6.27. The van der Waals surface area contributed by atoms with Gasteiger partial charge in [0.1, 0.15) is 12.4 Å². The van der Waals surface area contributed by atoms with E-state index in [4.69, 9.17) is 38.2 Å². The summed E-state index contributed by atoms with van der Waals surface area (Å²) in [4.78, 5) is 0. The summed E-state index contributed by atoms with van der Waals surface area (Å²) in [6.07, 6.45) is 0. The molecule has 0 fully saturated rings. The third-order valence-corrected chi connectivity index (χ3v) is 3.98. The predicted octanol–water partition coefficient (Wildman–Crippen LogP) is 4.60. The molecule has 0 saturated carbocycles. The second kappa shape index (κ2) is 5.47. The number of aromatic nitrogens is 1. The van der Waals surface area contributed by atoms with Crippen molar-refractivity contribution in [1.29, 1.82) is 0 Å². The van der Waals surface area contributed by atoms with Crippen LogP contribution in [0.3, 0.4) is 0 Å². The van der Waals surface area contributed by atoms with Crippen LogP contribution in [-0.4, -0.2) is 5.16 Å². The maximum Gasteiger partial charge on any atom is 0.174 e. The summed E-state index contributed by atoms with van der Waals surface area (Å²) in [6.45, 7) is 2.37. The predicted molar refractivity (Wildman–Crippen MR) is 84.0 cm³/mol. The topological polar surface area (TPSA) is 61.3 Å². The zero-order valence-corrected chi connectivity index (χ0v) is 12.7. The van der Waals surface area contributed by atoms with Gasteiger partial charge in [-0.1, -0.05) is 28.4 Å². The smallest absolute Gasteiger partial charge is 0.174 e. The highest BCUT2D eigenvalue weighted by Gasteiger charge is 2.09. The molecule has 0 aliphatic rings. The molecule has 0 radical (unpaired) electrons. The van der Waals surface area contributed by atoms with E-state index in [0.29, 0.717) is 33.8 Å². The fourth-order valence-corrected chi connectivity index (χ4v) is 2.32. The lowest BCUT2D eigenvalue weighted by molar-refractivity contribution is 0.305. The molecule has 0 spiro atoms. The first-order valence-corrected chi connectivity index (χ1v) is 7.02. The molecule has 1 aromatic heterocycles. The molecule has 0 amide bonds. The Balaban J connectivity index is 1.84. The monoisotopic (exact) mass is 322 g/mol. The first-order chi connectivity index (χ1) is 10.0. The molecule has 0 atom stereocenters. The summed E-state index contributed by atoms with van der Waals surface area (Å²) in [6, 6.07) is 8.98. The normalized spacial score (nSPS) is 11.0. The minimum Gasteiger partial charge on any atom is -0.489 e. The van der Waals surface area contributed by atoms with Crippen LogP contribution in [-0.2, 0) is 6.61 Å². The summed E-state index contributed by atoms with van der Waals surface area (Å²) >= 11 is 11.8. The minimum absolute atomic E-state index is 0.389. The van der Waals surface area contributed by atoms with E-state index in [1.807, 2.05) is 19.1 Å². The summed E-state index contributed by atoms with van der Waals surface area (Å²) in [5.41, 5.74) is 8.42. The number of rotatable bonds is 3. The number of hydrogen-bond donors (Lipinski definition) is 1. The van der Waals surface area contributed by atoms with Crippen LogP contribution in [0.25, 0.3) is 11.0 Å². The zero-order chi connectivity index (χ0) is 15.0. The largest absolute Gasteiger partial charge is 0.489 e. The summed E-state index contributed by atoms with van der Waals surface area (Å²) in [5, 5.41) is 5.52. The molecular weight excluding hydrogens is 311 g/mol. The van der Waals surface area contributed by atoms with E-state index >= 15 is 0 Å². The van der Waals surface area contributed by atoms with E-state index < -0.39 is 0 Å². The van der Waals surface area contributed by atoms with E-state index in [0.717, 1.165) is 16.5 Å². The van der Waals surface area contributed by atoms with Crippen molar-refractivity contribution in [1.82, 2.24) is 5.16 Å². The van der Waals surface area contributed by atoms with Crippen LogP contribution in [0.15, 0.2) is 34.9 Å². The molecular formula is C15H12Cl2N2O2. The Morgan fingerprint density at radius 2 is 2.00 bits per heavy atom. The number of aryl methyl sites for hydroxylation is 1. The number of ether oxygens (including phenoxy) is 1. The Morgan fingerprint density at radius 3 is 2.76 bits per heavy atom. The fourth-order valence-electron chi connectivity index (χ4n) is 2.04. The van der Waals surface area contributed by atoms with Gasteiger partial charge in [-0.2, -0.15) is 0 Å². The van der Waals surface area contributed by atoms with Gasteiger partial charge in [0, 0.05) is 6.07 Å². The number of hydrogen-bond acceptors (Lipinski definition) is 4. The Morgan fingerprint density at radius 1 is 1.19 bits per heavy atom. The van der Waals surface area contributed by atoms with Crippen molar-refractivity contribution in [3.63, 3.8) is 0 Å². The maximum atomic E-state index is 5.96. The van der Waals surface area contributed by atoms with Gasteiger partial charge in [-0.3, -0.25) is 0 Å². The van der Waals surface area contributed by atoms with Crippen LogP contribution in [0.2, 0.25) is 10.0 Å². The van der Waals surface area contributed by atoms with Crippen LogP contribution in [0, 0.1) is 6.92 Å². The van der Waals surface area contributed by atoms with Gasteiger partial charge in [0.2, 0.25) is 0 Å². The number of benzene rings is 2. The van der Waals surface area contributed by atoms with E-state index in [2.05, 4.69) is 5.16 Å². The van der Waals surface area contributed by atoms with Crippen molar-refractivity contribution in [2.24, 2.45) is 0 Å². The van der Waals surface area contributed by atoms with Crippen molar-refractivity contribution in [3.8, 4) is 5.75 Å². The fraction of sp³-hybridized carbons (Fsp3) is 0.133. The molecule has 0 unspecified atom stereocenters. The van der Waals surface area contributed by atoms with Gasteiger partial charge < -0.3 is 15.0 Å². The number of fused-ring (bicyclic) bond motifs is 1. The summed E-state index contributed by atoms with van der Waals surface area (Å²) in [5.74, 6) is 1.05. The summed E-state index contributed by atoms with van der Waals surface area (Å²) in [7, 11) is 0. The first kappa shape index (κ1) is 14.0. The molecule has 0 bridgehead atoms. The highest BCUT2D eigenvalue weighted by Crippen LogP contribution is 2.28. The van der Waals surface area contributed by atoms with Crippen LogP contribution >= 0.6 is 23.2 Å².